The van der Waals surface area contributed by atoms with Gasteiger partial charge in [-0.05, 0) is 0 Å². The summed E-state index contributed by atoms with van der Waals surface area (Å²) in [6, 6.07) is 0. The molecule has 0 unspecified atom stereocenters. The van der Waals surface area contributed by atoms with E-state index in [2.05, 4.69) is 0 Å². The number of alkyl halides is 6. The SMILES string of the molecule is O=S(=O)(NCCn1cc[n+](CNS(=O)(=O)C(F)(F)F)c1)C(F)(F)F. The van der Waals surface area contributed by atoms with Gasteiger partial charge in [0, 0.05) is 6.54 Å². The van der Waals surface area contributed by atoms with Crippen LogP contribution in [0, 0.1) is 0 Å². The van der Waals surface area contributed by atoms with Crippen molar-refractivity contribution in [2.45, 2.75) is 24.2 Å². The minimum absolute atomic E-state index is 0.270. The number of imidazole rings is 1. The molecule has 0 aromatic carbocycles. The number of hydrogen-bond acceptors (Lipinski definition) is 4. The lowest BCUT2D eigenvalue weighted by atomic mass is 10.6. The molecule has 8 nitrogen and oxygen atoms in total. The summed E-state index contributed by atoms with van der Waals surface area (Å²) in [5, 5.41) is 0. The molecule has 0 saturated carbocycles. The van der Waals surface area contributed by atoms with Gasteiger partial charge in [-0.15, -0.1) is 0 Å². The number of nitrogens with one attached hydrogen (secondary N) is 2. The predicted octanol–water partition coefficient (Wildman–Crippen LogP) is -0.389. The molecule has 0 aliphatic carbocycles. The highest BCUT2D eigenvalue weighted by molar-refractivity contribution is 7.90. The second kappa shape index (κ2) is 6.85. The van der Waals surface area contributed by atoms with E-state index in [-0.39, 0.29) is 6.54 Å². The third-order valence-corrected chi connectivity index (χ3v) is 4.77. The van der Waals surface area contributed by atoms with Gasteiger partial charge >= 0.3 is 31.1 Å². The predicted molar refractivity (Wildman–Crippen MR) is 65.7 cm³/mol. The summed E-state index contributed by atoms with van der Waals surface area (Å²) in [4.78, 5) is 0. The first-order valence-corrected chi connectivity index (χ1v) is 8.79. The van der Waals surface area contributed by atoms with Gasteiger partial charge in [-0.2, -0.15) is 31.1 Å². The van der Waals surface area contributed by atoms with Crippen molar-refractivity contribution in [2.75, 3.05) is 6.54 Å². The zero-order chi connectivity index (χ0) is 18.8. The third kappa shape index (κ3) is 5.32. The molecule has 1 aromatic heterocycles. The topological polar surface area (TPSA) is 101 Å². The van der Waals surface area contributed by atoms with Gasteiger partial charge in [-0.25, -0.2) is 30.7 Å². The van der Waals surface area contributed by atoms with Crippen LogP contribution in [0.3, 0.4) is 0 Å². The Kier molecular flexibility index (Phi) is 5.89. The van der Waals surface area contributed by atoms with Crippen LogP contribution in [0.5, 0.6) is 0 Å². The minimum atomic E-state index is -5.54. The first-order valence-electron chi connectivity index (χ1n) is 5.82. The molecule has 0 aliphatic heterocycles. The van der Waals surface area contributed by atoms with Crippen LogP contribution in [0.15, 0.2) is 18.7 Å². The fourth-order valence-corrected chi connectivity index (χ4v) is 2.30. The lowest BCUT2D eigenvalue weighted by molar-refractivity contribution is -0.698. The van der Waals surface area contributed by atoms with Gasteiger partial charge < -0.3 is 0 Å². The van der Waals surface area contributed by atoms with Crippen molar-refractivity contribution in [3.63, 3.8) is 0 Å². The highest BCUT2D eigenvalue weighted by atomic mass is 32.2. The average molecular weight is 405 g/mol. The zero-order valence-corrected chi connectivity index (χ0v) is 13.1. The second-order valence-corrected chi connectivity index (χ2v) is 7.78. The Morgan fingerprint density at radius 2 is 1.42 bits per heavy atom. The number of nitrogens with zero attached hydrogens (tertiary/aromatic N) is 2. The molecule has 0 spiro atoms. The number of hydrogen-bond donors (Lipinski definition) is 2. The van der Waals surface area contributed by atoms with E-state index in [1.54, 1.807) is 0 Å². The van der Waals surface area contributed by atoms with Gasteiger partial charge in [0.2, 0.25) is 6.33 Å². The summed E-state index contributed by atoms with van der Waals surface area (Å²) in [7, 11) is -11.0. The van der Waals surface area contributed by atoms with Crippen LogP contribution >= 0.6 is 0 Å². The van der Waals surface area contributed by atoms with Gasteiger partial charge in [0.05, 0.1) is 0 Å². The smallest absolute Gasteiger partial charge is 0.235 e. The normalized spacial score (nSPS) is 14.1. The third-order valence-electron chi connectivity index (χ3n) is 2.45. The maximum absolute atomic E-state index is 12.1. The van der Waals surface area contributed by atoms with Crippen LogP contribution in [0.2, 0.25) is 0 Å². The van der Waals surface area contributed by atoms with Crippen molar-refractivity contribution in [1.29, 1.82) is 0 Å². The summed E-state index contributed by atoms with van der Waals surface area (Å²) < 4.78 is 120. The van der Waals surface area contributed by atoms with Gasteiger partial charge in [0.15, 0.2) is 6.67 Å². The van der Waals surface area contributed by atoms with Crippen molar-refractivity contribution in [1.82, 2.24) is 14.0 Å². The van der Waals surface area contributed by atoms with Gasteiger partial charge in [-0.1, -0.05) is 0 Å². The van der Waals surface area contributed by atoms with E-state index in [1.807, 2.05) is 0 Å². The molecule has 0 radical (unpaired) electrons. The van der Waals surface area contributed by atoms with Crippen LogP contribution in [0.25, 0.3) is 0 Å². The summed E-state index contributed by atoms with van der Waals surface area (Å²) in [5.41, 5.74) is -10.9. The molecule has 24 heavy (non-hydrogen) atoms. The number of halogens is 6. The molecular formula is C8H11F6N4O4S2+. The molecule has 140 valence electrons. The first kappa shape index (κ1) is 20.7. The highest BCUT2D eigenvalue weighted by Gasteiger charge is 2.46. The Morgan fingerprint density at radius 1 is 0.917 bits per heavy atom. The largest absolute Gasteiger partial charge is 0.511 e. The molecule has 0 atom stereocenters. The summed E-state index contributed by atoms with van der Waals surface area (Å²) >= 11 is 0. The quantitative estimate of drug-likeness (QED) is 0.477. The number of aromatic nitrogens is 2. The van der Waals surface area contributed by atoms with E-state index in [0.29, 0.717) is 0 Å². The maximum Gasteiger partial charge on any atom is 0.511 e. The van der Waals surface area contributed by atoms with Crippen molar-refractivity contribution >= 4 is 20.0 Å². The molecular weight excluding hydrogens is 394 g/mol. The van der Waals surface area contributed by atoms with Gasteiger partial charge in [0.25, 0.3) is 0 Å². The van der Waals surface area contributed by atoms with E-state index in [4.69, 9.17) is 0 Å². The fraction of sp³-hybridized carbons (Fsp3) is 0.625. The van der Waals surface area contributed by atoms with Crippen LogP contribution < -0.4 is 14.0 Å². The molecule has 2 N–H and O–H groups in total. The summed E-state index contributed by atoms with van der Waals surface area (Å²) in [6.45, 7) is -1.68. The van der Waals surface area contributed by atoms with Crippen molar-refractivity contribution in [3.8, 4) is 0 Å². The van der Waals surface area contributed by atoms with Crippen molar-refractivity contribution in [2.24, 2.45) is 0 Å². The van der Waals surface area contributed by atoms with E-state index >= 15 is 0 Å². The molecule has 16 heteroatoms. The lowest BCUT2D eigenvalue weighted by Gasteiger charge is -2.08. The Bertz CT molecular complexity index is 767. The van der Waals surface area contributed by atoms with Gasteiger partial charge in [-0.3, -0.25) is 0 Å². The van der Waals surface area contributed by atoms with Crippen LogP contribution in [0.1, 0.15) is 0 Å². The molecule has 1 rings (SSSR count). The molecule has 1 heterocycles. The van der Waals surface area contributed by atoms with E-state index in [1.165, 1.54) is 15.6 Å². The first-order chi connectivity index (χ1) is 10.7. The standard InChI is InChI=1S/C8H11F6N4O4S2/c9-7(10,11)23(19,20)15-1-2-17-3-4-18(6-17)5-16-24(21,22)8(12,13)14/h3-4,6,15-16H,1-2,5H2/q+1. The van der Waals surface area contributed by atoms with Gasteiger partial charge in [0.1, 0.15) is 18.9 Å². The highest BCUT2D eigenvalue weighted by Crippen LogP contribution is 2.21. The molecule has 0 fully saturated rings. The average Bonchev–Trinajstić information content (AvgIpc) is 2.81. The second-order valence-electron chi connectivity index (χ2n) is 4.26. The van der Waals surface area contributed by atoms with E-state index in [0.717, 1.165) is 21.7 Å². The molecule has 0 bridgehead atoms. The van der Waals surface area contributed by atoms with Crippen LogP contribution in [0.4, 0.5) is 26.3 Å². The summed E-state index contributed by atoms with van der Waals surface area (Å²) in [6.07, 6.45) is 3.40. The monoisotopic (exact) mass is 405 g/mol. The van der Waals surface area contributed by atoms with E-state index in [9.17, 15) is 43.2 Å². The lowest BCUT2D eigenvalue weighted by Crippen LogP contribution is -2.46. The Labute approximate surface area is 132 Å². The molecule has 0 amide bonds. The minimum Gasteiger partial charge on any atom is -0.235 e. The van der Waals surface area contributed by atoms with Crippen molar-refractivity contribution < 1.29 is 47.7 Å². The molecule has 0 saturated heterocycles. The number of sulfonamides is 2. The zero-order valence-electron chi connectivity index (χ0n) is 11.5. The Hall–Kier alpha value is -1.39. The summed E-state index contributed by atoms with van der Waals surface area (Å²) in [5.74, 6) is 0. The molecule has 0 aliphatic rings. The molecule has 1 aromatic rings. The maximum atomic E-state index is 12.1. The van der Waals surface area contributed by atoms with Crippen LogP contribution in [-0.4, -0.2) is 39.0 Å². The Morgan fingerprint density at radius 3 is 1.92 bits per heavy atom. The fourth-order valence-electron chi connectivity index (χ4n) is 1.30. The van der Waals surface area contributed by atoms with Crippen LogP contribution in [-0.2, 0) is 33.3 Å². The Balaban J connectivity index is 2.56. The van der Waals surface area contributed by atoms with E-state index < -0.39 is 44.3 Å². The van der Waals surface area contributed by atoms with Crippen molar-refractivity contribution in [3.05, 3.63) is 18.7 Å². The number of rotatable bonds is 7.